The van der Waals surface area contributed by atoms with Crippen LogP contribution >= 0.6 is 23.1 Å². The van der Waals surface area contributed by atoms with E-state index in [9.17, 15) is 0 Å². The van der Waals surface area contributed by atoms with Gasteiger partial charge in [0.25, 0.3) is 0 Å². The summed E-state index contributed by atoms with van der Waals surface area (Å²) in [6, 6.07) is 0.580. The minimum atomic E-state index is 0.580. The van der Waals surface area contributed by atoms with Gasteiger partial charge < -0.3 is 5.32 Å². The Bertz CT molecular complexity index is 224. The van der Waals surface area contributed by atoms with Gasteiger partial charge in [-0.05, 0) is 12.3 Å². The lowest BCUT2D eigenvalue weighted by molar-refractivity contribution is 0.571. The predicted molar refractivity (Wildman–Crippen MR) is 66.3 cm³/mol. The van der Waals surface area contributed by atoms with Crippen molar-refractivity contribution in [2.45, 2.75) is 26.3 Å². The van der Waals surface area contributed by atoms with E-state index in [1.54, 1.807) is 11.3 Å². The van der Waals surface area contributed by atoms with Crippen molar-refractivity contribution in [3.63, 3.8) is 0 Å². The molecular weight excluding hydrogens is 212 g/mol. The Morgan fingerprint density at radius 2 is 2.43 bits per heavy atom. The minimum Gasteiger partial charge on any atom is -0.313 e. The van der Waals surface area contributed by atoms with Crippen LogP contribution in [0.4, 0.5) is 0 Å². The maximum atomic E-state index is 4.32. The number of rotatable bonds is 7. The Morgan fingerprint density at radius 3 is 3.00 bits per heavy atom. The first-order valence-electron chi connectivity index (χ1n) is 5.06. The number of likely N-dealkylation sites (N-methyl/N-ethyl adjacent to an activating group) is 1. The van der Waals surface area contributed by atoms with Crippen molar-refractivity contribution >= 4 is 23.1 Å². The van der Waals surface area contributed by atoms with Crippen LogP contribution in [0.5, 0.6) is 0 Å². The van der Waals surface area contributed by atoms with E-state index in [1.165, 1.54) is 16.5 Å². The van der Waals surface area contributed by atoms with E-state index < -0.39 is 0 Å². The number of hydrogen-bond donors (Lipinski definition) is 1. The maximum absolute atomic E-state index is 4.32. The average Bonchev–Trinajstić information content (AvgIpc) is 2.67. The molecule has 1 aromatic heterocycles. The second-order valence-corrected chi connectivity index (χ2v) is 5.34. The van der Waals surface area contributed by atoms with Gasteiger partial charge in [-0.15, -0.1) is 11.3 Å². The van der Waals surface area contributed by atoms with Crippen LogP contribution in [-0.4, -0.2) is 29.1 Å². The molecule has 14 heavy (non-hydrogen) atoms. The molecule has 0 saturated heterocycles. The van der Waals surface area contributed by atoms with E-state index in [1.807, 2.05) is 23.3 Å². The number of nitrogens with zero attached hydrogens (tertiary/aromatic N) is 1. The summed E-state index contributed by atoms with van der Waals surface area (Å²) < 4.78 is 0. The molecule has 4 heteroatoms. The molecule has 1 unspecified atom stereocenters. The molecule has 0 saturated carbocycles. The average molecular weight is 230 g/mol. The predicted octanol–water partition coefficient (Wildman–Crippen LogP) is 2.42. The molecule has 1 N–H and O–H groups in total. The normalized spacial score (nSPS) is 13.0. The lowest BCUT2D eigenvalue weighted by Crippen LogP contribution is -2.33. The fourth-order valence-corrected chi connectivity index (χ4v) is 2.76. The summed E-state index contributed by atoms with van der Waals surface area (Å²) in [6.45, 7) is 5.41. The van der Waals surface area contributed by atoms with Crippen LogP contribution in [0.2, 0.25) is 0 Å². The molecule has 0 aliphatic carbocycles. The van der Waals surface area contributed by atoms with Crippen molar-refractivity contribution in [1.29, 1.82) is 0 Å². The van der Waals surface area contributed by atoms with Gasteiger partial charge in [0.05, 0.1) is 5.01 Å². The highest BCUT2D eigenvalue weighted by molar-refractivity contribution is 7.99. The van der Waals surface area contributed by atoms with Crippen LogP contribution in [0.1, 0.15) is 18.9 Å². The molecule has 0 aliphatic heterocycles. The lowest BCUT2D eigenvalue weighted by atomic mass is 10.2. The third kappa shape index (κ3) is 4.44. The van der Waals surface area contributed by atoms with Crippen LogP contribution in [0.25, 0.3) is 0 Å². The first kappa shape index (κ1) is 12.0. The number of thioether (sulfide) groups is 1. The zero-order valence-corrected chi connectivity index (χ0v) is 10.5. The van der Waals surface area contributed by atoms with Gasteiger partial charge in [-0.2, -0.15) is 11.8 Å². The summed E-state index contributed by atoms with van der Waals surface area (Å²) in [5, 5.41) is 6.79. The third-order valence-corrected chi connectivity index (χ3v) is 3.77. The highest BCUT2D eigenvalue weighted by atomic mass is 32.2. The van der Waals surface area contributed by atoms with Gasteiger partial charge in [-0.3, -0.25) is 0 Å². The van der Waals surface area contributed by atoms with E-state index in [2.05, 4.69) is 24.1 Å². The van der Waals surface area contributed by atoms with E-state index in [0.717, 1.165) is 13.0 Å². The summed E-state index contributed by atoms with van der Waals surface area (Å²) in [6.07, 6.45) is 2.95. The van der Waals surface area contributed by atoms with Gasteiger partial charge in [0.2, 0.25) is 0 Å². The largest absolute Gasteiger partial charge is 0.313 e. The molecule has 1 atom stereocenters. The molecule has 1 rings (SSSR count). The van der Waals surface area contributed by atoms with Crippen LogP contribution in [-0.2, 0) is 6.42 Å². The summed E-state index contributed by atoms with van der Waals surface area (Å²) in [4.78, 5) is 4.32. The quantitative estimate of drug-likeness (QED) is 0.778. The molecule has 1 heterocycles. The van der Waals surface area contributed by atoms with Crippen molar-refractivity contribution in [3.05, 3.63) is 16.6 Å². The van der Waals surface area contributed by atoms with E-state index >= 15 is 0 Å². The molecule has 80 valence electrons. The topological polar surface area (TPSA) is 24.9 Å². The third-order valence-electron chi connectivity index (χ3n) is 1.92. The fourth-order valence-electron chi connectivity index (χ4n) is 1.30. The molecule has 0 radical (unpaired) electrons. The molecule has 1 aromatic rings. The Balaban J connectivity index is 2.34. The summed E-state index contributed by atoms with van der Waals surface area (Å²) in [5.74, 6) is 2.38. The van der Waals surface area contributed by atoms with Crippen LogP contribution < -0.4 is 5.32 Å². The highest BCUT2D eigenvalue weighted by Crippen LogP contribution is 2.10. The van der Waals surface area contributed by atoms with Crippen molar-refractivity contribution in [2.75, 3.05) is 18.1 Å². The standard InChI is InChI=1S/C10H18N2S2/c1-3-11-9(8-13-4-2)7-10-12-5-6-14-10/h5-6,9,11H,3-4,7-8H2,1-2H3. The highest BCUT2D eigenvalue weighted by Gasteiger charge is 2.09. The van der Waals surface area contributed by atoms with Crippen LogP contribution in [0, 0.1) is 0 Å². The molecule has 0 aliphatic rings. The van der Waals surface area contributed by atoms with Crippen molar-refractivity contribution in [2.24, 2.45) is 0 Å². The molecule has 0 fully saturated rings. The van der Waals surface area contributed by atoms with Gasteiger partial charge in [-0.25, -0.2) is 4.98 Å². The summed E-state index contributed by atoms with van der Waals surface area (Å²) >= 11 is 3.74. The first-order chi connectivity index (χ1) is 6.86. The molecule has 2 nitrogen and oxygen atoms in total. The SMILES string of the molecule is CCNC(CSCC)Cc1nccs1. The van der Waals surface area contributed by atoms with Gasteiger partial charge in [-0.1, -0.05) is 13.8 Å². The second-order valence-electron chi connectivity index (χ2n) is 3.04. The molecular formula is C10H18N2S2. The number of nitrogens with one attached hydrogen (secondary N) is 1. The summed E-state index contributed by atoms with van der Waals surface area (Å²) in [7, 11) is 0. The Hall–Kier alpha value is -0.0600. The lowest BCUT2D eigenvalue weighted by Gasteiger charge is -2.15. The Labute approximate surface area is 94.5 Å². The van der Waals surface area contributed by atoms with Crippen molar-refractivity contribution < 1.29 is 0 Å². The minimum absolute atomic E-state index is 0.580. The molecule has 0 bridgehead atoms. The van der Waals surface area contributed by atoms with Crippen LogP contribution in [0.15, 0.2) is 11.6 Å². The second kappa shape index (κ2) is 7.26. The van der Waals surface area contributed by atoms with Crippen LogP contribution in [0.3, 0.4) is 0 Å². The number of thiazole rings is 1. The first-order valence-corrected chi connectivity index (χ1v) is 7.09. The number of hydrogen-bond acceptors (Lipinski definition) is 4. The van der Waals surface area contributed by atoms with E-state index in [0.29, 0.717) is 6.04 Å². The smallest absolute Gasteiger partial charge is 0.0940 e. The van der Waals surface area contributed by atoms with Gasteiger partial charge in [0.1, 0.15) is 0 Å². The molecule has 0 spiro atoms. The number of aromatic nitrogens is 1. The Kier molecular flexibility index (Phi) is 6.23. The summed E-state index contributed by atoms with van der Waals surface area (Å²) in [5.41, 5.74) is 0. The van der Waals surface area contributed by atoms with Gasteiger partial charge >= 0.3 is 0 Å². The zero-order valence-electron chi connectivity index (χ0n) is 8.82. The monoisotopic (exact) mass is 230 g/mol. The Morgan fingerprint density at radius 1 is 1.57 bits per heavy atom. The van der Waals surface area contributed by atoms with E-state index in [-0.39, 0.29) is 0 Å². The van der Waals surface area contributed by atoms with Gasteiger partial charge in [0.15, 0.2) is 0 Å². The zero-order chi connectivity index (χ0) is 10.2. The molecule has 0 amide bonds. The maximum Gasteiger partial charge on any atom is 0.0940 e. The van der Waals surface area contributed by atoms with Gasteiger partial charge in [0, 0.05) is 29.8 Å². The molecule has 0 aromatic carbocycles. The van der Waals surface area contributed by atoms with E-state index in [4.69, 9.17) is 0 Å². The van der Waals surface area contributed by atoms with Crippen molar-refractivity contribution in [1.82, 2.24) is 10.3 Å². The fraction of sp³-hybridized carbons (Fsp3) is 0.700. The van der Waals surface area contributed by atoms with Crippen molar-refractivity contribution in [3.8, 4) is 0 Å².